The molecule has 6 aromatic carbocycles. The number of hydrogen-bond donors (Lipinski definition) is 0. The predicted octanol–water partition coefficient (Wildman–Crippen LogP) is 9.97. The largest absolute Gasteiger partial charge is 0.310 e. The number of para-hydroxylation sites is 3. The van der Waals surface area contributed by atoms with Crippen LogP contribution in [0.1, 0.15) is 5.56 Å². The highest BCUT2D eigenvalue weighted by Gasteiger charge is 2.20. The van der Waals surface area contributed by atoms with E-state index < -0.39 is 0 Å². The van der Waals surface area contributed by atoms with Crippen molar-refractivity contribution in [2.45, 2.75) is 0 Å². The predicted molar refractivity (Wildman–Crippen MR) is 172 cm³/mol. The van der Waals surface area contributed by atoms with E-state index >= 15 is 0 Å². The Morgan fingerprint density at radius 1 is 0.548 bits per heavy atom. The van der Waals surface area contributed by atoms with Gasteiger partial charge in [-0.25, -0.2) is 4.85 Å². The molecule has 0 saturated heterocycles. The Balaban J connectivity index is 1.47. The second-order valence-corrected chi connectivity index (χ2v) is 10.4. The smallest absolute Gasteiger partial charge is 0.189 e. The lowest BCUT2D eigenvalue weighted by atomic mass is 9.97. The minimum atomic E-state index is 0.617. The van der Waals surface area contributed by atoms with Crippen molar-refractivity contribution < 1.29 is 0 Å². The van der Waals surface area contributed by atoms with Crippen molar-refractivity contribution in [3.8, 4) is 28.6 Å². The Morgan fingerprint density at radius 2 is 1.21 bits per heavy atom. The highest BCUT2D eigenvalue weighted by atomic mass is 15.0. The van der Waals surface area contributed by atoms with Gasteiger partial charge in [-0.05, 0) is 60.2 Å². The van der Waals surface area contributed by atoms with Crippen LogP contribution in [-0.4, -0.2) is 9.13 Å². The zero-order chi connectivity index (χ0) is 28.2. The fourth-order valence-electron chi connectivity index (χ4n) is 6.42. The van der Waals surface area contributed by atoms with E-state index in [0.717, 1.165) is 60.7 Å². The number of nitriles is 1. The standard InChI is InChI=1S/C38H22N4/c1-40-26-10-8-11-27(23-26)41-35-18-7-4-14-31(35)38-30(15-9-19-37(38)41)28-12-2-5-16-33(28)42-34-17-6-3-13-29(34)32-22-25(24-39)20-21-36(32)42/h2-23H. The second kappa shape index (κ2) is 9.24. The maximum Gasteiger partial charge on any atom is 0.189 e. The van der Waals surface area contributed by atoms with E-state index in [9.17, 15) is 5.26 Å². The van der Waals surface area contributed by atoms with Crippen molar-refractivity contribution in [2.75, 3.05) is 0 Å². The van der Waals surface area contributed by atoms with E-state index in [0.29, 0.717) is 11.3 Å². The van der Waals surface area contributed by atoms with Gasteiger partial charge in [-0.1, -0.05) is 78.9 Å². The lowest BCUT2D eigenvalue weighted by Gasteiger charge is -2.15. The van der Waals surface area contributed by atoms with Gasteiger partial charge in [0.15, 0.2) is 5.69 Å². The molecule has 0 spiro atoms. The zero-order valence-electron chi connectivity index (χ0n) is 22.5. The van der Waals surface area contributed by atoms with Gasteiger partial charge in [0, 0.05) is 32.8 Å². The molecule has 0 aliphatic heterocycles. The number of benzene rings is 6. The number of aromatic nitrogens is 2. The molecular formula is C38H22N4. The molecule has 0 aliphatic carbocycles. The van der Waals surface area contributed by atoms with Crippen LogP contribution in [-0.2, 0) is 0 Å². The summed E-state index contributed by atoms with van der Waals surface area (Å²) in [7, 11) is 0. The van der Waals surface area contributed by atoms with Gasteiger partial charge < -0.3 is 9.13 Å². The van der Waals surface area contributed by atoms with Crippen molar-refractivity contribution in [2.24, 2.45) is 0 Å². The highest BCUT2D eigenvalue weighted by molar-refractivity contribution is 6.17. The number of fused-ring (bicyclic) bond motifs is 6. The van der Waals surface area contributed by atoms with Crippen LogP contribution in [0, 0.1) is 17.9 Å². The lowest BCUT2D eigenvalue weighted by molar-refractivity contribution is 1.18. The summed E-state index contributed by atoms with van der Waals surface area (Å²) < 4.78 is 4.58. The fraction of sp³-hybridized carbons (Fsp3) is 0. The fourth-order valence-corrected chi connectivity index (χ4v) is 6.42. The Labute approximate surface area is 242 Å². The van der Waals surface area contributed by atoms with Crippen molar-refractivity contribution in [1.29, 1.82) is 5.26 Å². The third-order valence-corrected chi connectivity index (χ3v) is 8.15. The van der Waals surface area contributed by atoms with Gasteiger partial charge in [-0.2, -0.15) is 5.26 Å². The van der Waals surface area contributed by atoms with Gasteiger partial charge >= 0.3 is 0 Å². The minimum Gasteiger partial charge on any atom is -0.310 e. The van der Waals surface area contributed by atoms with E-state index in [2.05, 4.69) is 123 Å². The van der Waals surface area contributed by atoms with Crippen LogP contribution in [0.15, 0.2) is 133 Å². The van der Waals surface area contributed by atoms with Crippen molar-refractivity contribution in [3.63, 3.8) is 0 Å². The molecule has 0 radical (unpaired) electrons. The Bertz CT molecular complexity index is 2440. The first-order chi connectivity index (χ1) is 20.8. The van der Waals surface area contributed by atoms with Gasteiger partial charge in [-0.3, -0.25) is 0 Å². The van der Waals surface area contributed by atoms with Crippen molar-refractivity contribution in [1.82, 2.24) is 9.13 Å². The maximum absolute atomic E-state index is 9.61. The van der Waals surface area contributed by atoms with Gasteiger partial charge in [0.2, 0.25) is 0 Å². The summed E-state index contributed by atoms with van der Waals surface area (Å²) in [5.41, 5.74) is 9.92. The Hall–Kier alpha value is -6.10. The number of rotatable bonds is 3. The molecular weight excluding hydrogens is 512 g/mol. The number of hydrogen-bond acceptors (Lipinski definition) is 1. The minimum absolute atomic E-state index is 0.617. The van der Waals surface area contributed by atoms with Crippen LogP contribution in [0.4, 0.5) is 5.69 Å². The first kappa shape index (κ1) is 23.8. The van der Waals surface area contributed by atoms with Crippen LogP contribution in [0.3, 0.4) is 0 Å². The first-order valence-electron chi connectivity index (χ1n) is 13.8. The summed E-state index contributed by atoms with van der Waals surface area (Å²) in [5, 5.41) is 14.1. The van der Waals surface area contributed by atoms with Crippen LogP contribution < -0.4 is 0 Å². The second-order valence-electron chi connectivity index (χ2n) is 10.4. The molecule has 0 aliphatic rings. The van der Waals surface area contributed by atoms with E-state index in [1.165, 1.54) is 5.39 Å². The van der Waals surface area contributed by atoms with E-state index in [-0.39, 0.29) is 0 Å². The molecule has 8 rings (SSSR count). The average Bonchev–Trinajstić information content (AvgIpc) is 3.57. The summed E-state index contributed by atoms with van der Waals surface area (Å²) in [6.45, 7) is 7.57. The van der Waals surface area contributed by atoms with Gasteiger partial charge in [0.25, 0.3) is 0 Å². The molecule has 0 fully saturated rings. The molecule has 0 saturated carbocycles. The molecule has 4 nitrogen and oxygen atoms in total. The van der Waals surface area contributed by atoms with Gasteiger partial charge in [0.1, 0.15) is 0 Å². The van der Waals surface area contributed by atoms with Crippen molar-refractivity contribution >= 4 is 49.3 Å². The molecule has 0 amide bonds. The quantitative estimate of drug-likeness (QED) is 0.208. The van der Waals surface area contributed by atoms with Crippen molar-refractivity contribution in [3.05, 3.63) is 150 Å². The Kier molecular flexibility index (Phi) is 5.22. The average molecular weight is 535 g/mol. The summed E-state index contributed by atoms with van der Waals surface area (Å²) in [6.07, 6.45) is 0. The maximum atomic E-state index is 9.61. The molecule has 2 heterocycles. The Morgan fingerprint density at radius 3 is 2.05 bits per heavy atom. The molecule has 42 heavy (non-hydrogen) atoms. The van der Waals surface area contributed by atoms with Crippen LogP contribution in [0.2, 0.25) is 0 Å². The van der Waals surface area contributed by atoms with E-state index in [1.54, 1.807) is 0 Å². The number of nitrogens with zero attached hydrogens (tertiary/aromatic N) is 4. The first-order valence-corrected chi connectivity index (χ1v) is 13.8. The topological polar surface area (TPSA) is 38.0 Å². The third-order valence-electron chi connectivity index (χ3n) is 8.15. The highest BCUT2D eigenvalue weighted by Crippen LogP contribution is 2.42. The molecule has 0 N–H and O–H groups in total. The zero-order valence-corrected chi connectivity index (χ0v) is 22.5. The van der Waals surface area contributed by atoms with E-state index in [1.807, 2.05) is 30.3 Å². The summed E-state index contributed by atoms with van der Waals surface area (Å²) in [6, 6.07) is 48.0. The summed E-state index contributed by atoms with van der Waals surface area (Å²) in [5.74, 6) is 0. The molecule has 2 aromatic heterocycles. The summed E-state index contributed by atoms with van der Waals surface area (Å²) in [4.78, 5) is 3.68. The van der Waals surface area contributed by atoms with Crippen LogP contribution in [0.25, 0.3) is 71.0 Å². The molecule has 0 bridgehead atoms. The molecule has 194 valence electrons. The lowest BCUT2D eigenvalue weighted by Crippen LogP contribution is -1.97. The van der Waals surface area contributed by atoms with Crippen LogP contribution >= 0.6 is 0 Å². The normalized spacial score (nSPS) is 11.3. The van der Waals surface area contributed by atoms with Crippen LogP contribution in [0.5, 0.6) is 0 Å². The van der Waals surface area contributed by atoms with Gasteiger partial charge in [0.05, 0.1) is 46.0 Å². The monoisotopic (exact) mass is 534 g/mol. The van der Waals surface area contributed by atoms with E-state index in [4.69, 9.17) is 6.57 Å². The molecule has 0 atom stereocenters. The van der Waals surface area contributed by atoms with Gasteiger partial charge in [-0.15, -0.1) is 0 Å². The SMILES string of the molecule is [C-]#[N+]c1cccc(-n2c3ccccc3c3c(-c4ccccc4-n4c5ccccc5c5cc(C#N)ccc54)cccc32)c1. The summed E-state index contributed by atoms with van der Waals surface area (Å²) >= 11 is 0. The third kappa shape index (κ3) is 3.40. The molecule has 4 heteroatoms. The molecule has 0 unspecified atom stereocenters. The molecule has 8 aromatic rings.